The zero-order valence-electron chi connectivity index (χ0n) is 12.6. The summed E-state index contributed by atoms with van der Waals surface area (Å²) in [5.74, 6) is 0. The highest BCUT2D eigenvalue weighted by Gasteiger charge is 2.25. The van der Waals surface area contributed by atoms with Crippen molar-refractivity contribution in [2.75, 3.05) is 18.5 Å². The molecule has 5 nitrogen and oxygen atoms in total. The van der Waals surface area contributed by atoms with Crippen molar-refractivity contribution in [2.24, 2.45) is 0 Å². The van der Waals surface area contributed by atoms with Gasteiger partial charge in [0.1, 0.15) is 5.60 Å². The highest BCUT2D eigenvalue weighted by molar-refractivity contribution is 5.68. The van der Waals surface area contributed by atoms with Crippen LogP contribution < -0.4 is 5.43 Å². The normalized spacial score (nSPS) is 20.4. The molecule has 1 aromatic heterocycles. The smallest absolute Gasteiger partial charge is 0.410 e. The summed E-state index contributed by atoms with van der Waals surface area (Å²) in [4.78, 5) is 13.9. The molecule has 1 aliphatic heterocycles. The van der Waals surface area contributed by atoms with E-state index in [4.69, 9.17) is 4.74 Å². The van der Waals surface area contributed by atoms with Crippen LogP contribution in [-0.2, 0) is 4.74 Å². The van der Waals surface area contributed by atoms with Crippen LogP contribution in [0.25, 0.3) is 0 Å². The Kier molecular flexibility index (Phi) is 4.57. The van der Waals surface area contributed by atoms with Gasteiger partial charge in [-0.15, -0.1) is 0 Å². The molecule has 5 heteroatoms. The Morgan fingerprint density at radius 1 is 1.20 bits per heavy atom. The van der Waals surface area contributed by atoms with Crippen LogP contribution in [-0.4, -0.2) is 40.4 Å². The number of aromatic nitrogens is 1. The van der Waals surface area contributed by atoms with Crippen LogP contribution in [0.15, 0.2) is 24.5 Å². The molecular formula is C15H25N3O2. The Balaban J connectivity index is 1.84. The van der Waals surface area contributed by atoms with Gasteiger partial charge in [-0.1, -0.05) is 0 Å². The van der Waals surface area contributed by atoms with Gasteiger partial charge in [0, 0.05) is 31.5 Å². The highest BCUT2D eigenvalue weighted by atomic mass is 16.6. The molecule has 2 heterocycles. The minimum atomic E-state index is -0.424. The van der Waals surface area contributed by atoms with E-state index in [2.05, 4.69) is 5.43 Å². The lowest BCUT2D eigenvalue weighted by atomic mass is 10.1. The summed E-state index contributed by atoms with van der Waals surface area (Å²) in [5.41, 5.74) is 3.02. The van der Waals surface area contributed by atoms with Crippen LogP contribution in [0.2, 0.25) is 0 Å². The van der Waals surface area contributed by atoms with E-state index in [-0.39, 0.29) is 6.09 Å². The first-order valence-electron chi connectivity index (χ1n) is 7.31. The Bertz CT molecular complexity index is 423. The van der Waals surface area contributed by atoms with E-state index in [0.29, 0.717) is 6.04 Å². The minimum Gasteiger partial charge on any atom is -0.444 e. The molecule has 1 aliphatic rings. The number of likely N-dealkylation sites (tertiary alicyclic amines) is 1. The molecule has 1 N–H and O–H groups in total. The Morgan fingerprint density at radius 3 is 2.55 bits per heavy atom. The van der Waals surface area contributed by atoms with Crippen LogP contribution in [0.4, 0.5) is 4.79 Å². The maximum Gasteiger partial charge on any atom is 0.410 e. The number of rotatable bonds is 2. The topological polar surface area (TPSA) is 46.5 Å². The molecule has 1 amide bonds. The van der Waals surface area contributed by atoms with Crippen LogP contribution in [0.3, 0.4) is 0 Å². The van der Waals surface area contributed by atoms with E-state index >= 15 is 0 Å². The van der Waals surface area contributed by atoms with E-state index in [0.717, 1.165) is 32.4 Å². The summed E-state index contributed by atoms with van der Waals surface area (Å²) in [5, 5.41) is 0. The van der Waals surface area contributed by atoms with Crippen LogP contribution in [0.1, 0.15) is 40.0 Å². The first-order chi connectivity index (χ1) is 9.44. The average Bonchev–Trinajstić information content (AvgIpc) is 2.72. The zero-order valence-corrected chi connectivity index (χ0v) is 12.6. The number of carbonyl (C=O) groups excluding carboxylic acids is 1. The van der Waals surface area contributed by atoms with Gasteiger partial charge >= 0.3 is 6.09 Å². The minimum absolute atomic E-state index is 0.195. The number of carbonyl (C=O) groups is 1. The second-order valence-corrected chi connectivity index (χ2v) is 6.31. The molecule has 0 radical (unpaired) electrons. The maximum atomic E-state index is 12.1. The van der Waals surface area contributed by atoms with Gasteiger partial charge < -0.3 is 15.1 Å². The molecule has 0 spiro atoms. The predicted octanol–water partition coefficient (Wildman–Crippen LogP) is 2.82. The number of hydrogen-bond acceptors (Lipinski definition) is 3. The van der Waals surface area contributed by atoms with Gasteiger partial charge in [-0.2, -0.15) is 0 Å². The van der Waals surface area contributed by atoms with Crippen molar-refractivity contribution < 1.29 is 9.53 Å². The maximum absolute atomic E-state index is 12.1. The number of ether oxygens (including phenoxy) is 1. The molecule has 1 atom stereocenters. The number of nitrogens with zero attached hydrogens (tertiary/aromatic N) is 2. The van der Waals surface area contributed by atoms with Gasteiger partial charge in [-0.05, 0) is 52.2 Å². The Labute approximate surface area is 120 Å². The predicted molar refractivity (Wildman–Crippen MR) is 79.2 cm³/mol. The monoisotopic (exact) mass is 279 g/mol. The zero-order chi connectivity index (χ0) is 14.6. The largest absolute Gasteiger partial charge is 0.444 e. The molecule has 2 rings (SSSR count). The van der Waals surface area contributed by atoms with E-state index < -0.39 is 5.60 Å². The van der Waals surface area contributed by atoms with Crippen LogP contribution >= 0.6 is 0 Å². The molecule has 0 aliphatic carbocycles. The molecule has 0 bridgehead atoms. The van der Waals surface area contributed by atoms with Crippen LogP contribution in [0.5, 0.6) is 0 Å². The van der Waals surface area contributed by atoms with Gasteiger partial charge in [0.25, 0.3) is 0 Å². The summed E-state index contributed by atoms with van der Waals surface area (Å²) in [6.45, 7) is 7.23. The lowest BCUT2D eigenvalue weighted by Crippen LogP contribution is -2.38. The standard InChI is InChI=1S/C15H25N3O2/c1-15(2,3)20-14(19)17-9-6-7-13(8-12-17)16-18-10-4-5-11-18/h4-5,10-11,13,16H,6-9,12H2,1-3H3. The van der Waals surface area contributed by atoms with Crippen molar-refractivity contribution in [3.8, 4) is 0 Å². The quantitative estimate of drug-likeness (QED) is 0.905. The summed E-state index contributed by atoms with van der Waals surface area (Å²) in [6, 6.07) is 4.39. The molecule has 112 valence electrons. The SMILES string of the molecule is CC(C)(C)OC(=O)N1CCCC(Nn2cccc2)CC1. The van der Waals surface area contributed by atoms with Crippen LogP contribution in [0, 0.1) is 0 Å². The molecule has 0 saturated carbocycles. The first-order valence-corrected chi connectivity index (χ1v) is 7.31. The second-order valence-electron chi connectivity index (χ2n) is 6.31. The molecular weight excluding hydrogens is 254 g/mol. The molecule has 1 saturated heterocycles. The van der Waals surface area contributed by atoms with E-state index in [9.17, 15) is 4.79 Å². The molecule has 1 unspecified atom stereocenters. The Morgan fingerprint density at radius 2 is 1.90 bits per heavy atom. The van der Waals surface area contributed by atoms with Gasteiger partial charge in [0.2, 0.25) is 0 Å². The van der Waals surface area contributed by atoms with Crippen molar-refractivity contribution in [3.63, 3.8) is 0 Å². The summed E-state index contributed by atoms with van der Waals surface area (Å²) >= 11 is 0. The number of amides is 1. The van der Waals surface area contributed by atoms with Crippen molar-refractivity contribution in [3.05, 3.63) is 24.5 Å². The number of hydrogen-bond donors (Lipinski definition) is 1. The molecule has 0 aromatic carbocycles. The highest BCUT2D eigenvalue weighted by Crippen LogP contribution is 2.16. The molecule has 20 heavy (non-hydrogen) atoms. The van der Waals surface area contributed by atoms with Crippen molar-refractivity contribution >= 4 is 6.09 Å². The number of nitrogens with one attached hydrogen (secondary N) is 1. The van der Waals surface area contributed by atoms with Gasteiger partial charge in [0.05, 0.1) is 0 Å². The summed E-state index contributed by atoms with van der Waals surface area (Å²) in [6.07, 6.45) is 6.80. The van der Waals surface area contributed by atoms with E-state index in [1.165, 1.54) is 0 Å². The van der Waals surface area contributed by atoms with E-state index in [1.807, 2.05) is 54.9 Å². The Hall–Kier alpha value is -1.65. The summed E-state index contributed by atoms with van der Waals surface area (Å²) in [7, 11) is 0. The van der Waals surface area contributed by atoms with Crippen molar-refractivity contribution in [2.45, 2.75) is 51.7 Å². The van der Waals surface area contributed by atoms with Gasteiger partial charge in [0.15, 0.2) is 0 Å². The fraction of sp³-hybridized carbons (Fsp3) is 0.667. The average molecular weight is 279 g/mol. The van der Waals surface area contributed by atoms with Gasteiger partial charge in [-0.3, -0.25) is 4.68 Å². The third-order valence-electron chi connectivity index (χ3n) is 3.32. The van der Waals surface area contributed by atoms with E-state index in [1.54, 1.807) is 0 Å². The fourth-order valence-electron chi connectivity index (χ4n) is 2.37. The molecule has 1 aromatic rings. The lowest BCUT2D eigenvalue weighted by molar-refractivity contribution is 0.0256. The van der Waals surface area contributed by atoms with Crippen molar-refractivity contribution in [1.29, 1.82) is 0 Å². The van der Waals surface area contributed by atoms with Gasteiger partial charge in [-0.25, -0.2) is 4.79 Å². The second kappa shape index (κ2) is 6.20. The summed E-state index contributed by atoms with van der Waals surface area (Å²) < 4.78 is 7.42. The third kappa shape index (κ3) is 4.47. The lowest BCUT2D eigenvalue weighted by Gasteiger charge is -2.26. The van der Waals surface area contributed by atoms with Crippen molar-refractivity contribution in [1.82, 2.24) is 9.58 Å². The fourth-order valence-corrected chi connectivity index (χ4v) is 2.37. The molecule has 1 fully saturated rings. The third-order valence-corrected chi connectivity index (χ3v) is 3.32. The first kappa shape index (κ1) is 14.8.